The van der Waals surface area contributed by atoms with Crippen molar-refractivity contribution in [2.24, 2.45) is 0 Å². The summed E-state index contributed by atoms with van der Waals surface area (Å²) in [5.41, 5.74) is 2.20. The van der Waals surface area contributed by atoms with Crippen molar-refractivity contribution in [2.75, 3.05) is 6.54 Å². The fourth-order valence-corrected chi connectivity index (χ4v) is 1.62. The van der Waals surface area contributed by atoms with E-state index in [9.17, 15) is 18.0 Å². The van der Waals surface area contributed by atoms with Gasteiger partial charge < -0.3 is 5.32 Å². The first-order valence-electron chi connectivity index (χ1n) is 5.34. The number of amides is 1. The fourth-order valence-electron chi connectivity index (χ4n) is 1.62. The van der Waals surface area contributed by atoms with Crippen molar-refractivity contribution in [1.29, 1.82) is 0 Å². The highest BCUT2D eigenvalue weighted by atomic mass is 19.4. The number of terminal acetylenes is 1. The summed E-state index contributed by atoms with van der Waals surface area (Å²) in [7, 11) is 0. The minimum atomic E-state index is -4.46. The number of nitrogens with one attached hydrogen (secondary N) is 3. The molecule has 0 saturated carbocycles. The van der Waals surface area contributed by atoms with E-state index in [2.05, 4.69) is 22.1 Å². The van der Waals surface area contributed by atoms with Gasteiger partial charge in [0, 0.05) is 5.56 Å². The second-order valence-electron chi connectivity index (χ2n) is 3.96. The van der Waals surface area contributed by atoms with Gasteiger partial charge in [0.05, 0.1) is 6.54 Å². The molecule has 100 valence electrons. The molecule has 1 saturated heterocycles. The molecule has 1 aliphatic rings. The van der Waals surface area contributed by atoms with Crippen molar-refractivity contribution in [3.63, 3.8) is 0 Å². The smallest absolute Gasteiger partial charge is 0.341 e. The molecule has 2 rings (SSSR count). The van der Waals surface area contributed by atoms with Gasteiger partial charge in [-0.15, -0.1) is 6.42 Å². The number of rotatable bonds is 3. The van der Waals surface area contributed by atoms with E-state index < -0.39 is 17.7 Å². The van der Waals surface area contributed by atoms with Crippen LogP contribution in [0.4, 0.5) is 13.2 Å². The van der Waals surface area contributed by atoms with Crippen LogP contribution in [0.5, 0.6) is 0 Å². The van der Waals surface area contributed by atoms with Crippen LogP contribution in [0, 0.1) is 12.3 Å². The molecule has 0 aliphatic carbocycles. The number of alkyl halides is 3. The van der Waals surface area contributed by atoms with Crippen LogP contribution in [0.3, 0.4) is 0 Å². The molecule has 3 N–H and O–H groups in total. The molecule has 1 aromatic carbocycles. The summed E-state index contributed by atoms with van der Waals surface area (Å²) in [6, 6.07) is 5.11. The standard InChI is InChI=1S/C12H10F3N3O/c1-2-7-16-10(19)8-3-5-9(6-4-8)11(17-18-11)12(13,14)15/h1,3-6,17-18H,7H2,(H,16,19). The molecule has 0 spiro atoms. The lowest BCUT2D eigenvalue weighted by Gasteiger charge is -2.16. The summed E-state index contributed by atoms with van der Waals surface area (Å²) in [6.45, 7) is 0.0657. The normalized spacial score (nSPS) is 16.5. The van der Waals surface area contributed by atoms with E-state index in [1.807, 2.05) is 0 Å². The van der Waals surface area contributed by atoms with Crippen LogP contribution in [0.1, 0.15) is 15.9 Å². The quantitative estimate of drug-likeness (QED) is 0.563. The lowest BCUT2D eigenvalue weighted by Crippen LogP contribution is -2.34. The number of carbonyl (C=O) groups is 1. The van der Waals surface area contributed by atoms with Gasteiger partial charge in [-0.3, -0.25) is 4.79 Å². The number of halogens is 3. The topological polar surface area (TPSA) is 73.0 Å². The Kier molecular flexibility index (Phi) is 3.22. The highest BCUT2D eigenvalue weighted by molar-refractivity contribution is 5.94. The van der Waals surface area contributed by atoms with Crippen LogP contribution in [-0.4, -0.2) is 18.6 Å². The van der Waals surface area contributed by atoms with Crippen molar-refractivity contribution in [2.45, 2.75) is 11.8 Å². The second kappa shape index (κ2) is 4.57. The number of carbonyl (C=O) groups excluding carboxylic acids is 1. The van der Waals surface area contributed by atoms with Crippen LogP contribution in [0.2, 0.25) is 0 Å². The molecular formula is C12H10F3N3O. The predicted molar refractivity (Wildman–Crippen MR) is 61.6 cm³/mol. The summed E-state index contributed by atoms with van der Waals surface area (Å²) < 4.78 is 38.3. The van der Waals surface area contributed by atoms with Gasteiger partial charge in [-0.05, 0) is 17.7 Å². The average Bonchev–Trinajstić information content (AvgIpc) is 3.17. The van der Waals surface area contributed by atoms with Crippen LogP contribution in [-0.2, 0) is 5.66 Å². The Morgan fingerprint density at radius 3 is 2.32 bits per heavy atom. The van der Waals surface area contributed by atoms with E-state index in [1.54, 1.807) is 0 Å². The minimum Gasteiger partial charge on any atom is -0.341 e. The van der Waals surface area contributed by atoms with Crippen LogP contribution in [0.15, 0.2) is 24.3 Å². The van der Waals surface area contributed by atoms with Crippen LogP contribution in [0.25, 0.3) is 0 Å². The van der Waals surface area contributed by atoms with Crippen molar-refractivity contribution < 1.29 is 18.0 Å². The Balaban J connectivity index is 2.16. The Bertz CT molecular complexity index is 527. The van der Waals surface area contributed by atoms with Gasteiger partial charge in [-0.2, -0.15) is 13.2 Å². The number of benzene rings is 1. The lowest BCUT2D eigenvalue weighted by atomic mass is 10.0. The van der Waals surface area contributed by atoms with E-state index in [1.165, 1.54) is 24.3 Å². The van der Waals surface area contributed by atoms with Crippen molar-refractivity contribution in [1.82, 2.24) is 16.2 Å². The van der Waals surface area contributed by atoms with Crippen molar-refractivity contribution in [3.05, 3.63) is 35.4 Å². The van der Waals surface area contributed by atoms with Gasteiger partial charge in [-0.25, -0.2) is 10.9 Å². The first-order valence-corrected chi connectivity index (χ1v) is 5.34. The fraction of sp³-hybridized carbons (Fsp3) is 0.250. The Labute approximate surface area is 107 Å². The Morgan fingerprint density at radius 1 is 1.32 bits per heavy atom. The molecule has 0 radical (unpaired) electrons. The highest BCUT2D eigenvalue weighted by Crippen LogP contribution is 2.41. The van der Waals surface area contributed by atoms with E-state index in [0.29, 0.717) is 0 Å². The minimum absolute atomic E-state index is 0.00602. The third-order valence-electron chi connectivity index (χ3n) is 2.73. The maximum atomic E-state index is 12.8. The molecular weight excluding hydrogens is 259 g/mol. The van der Waals surface area contributed by atoms with Gasteiger partial charge in [0.25, 0.3) is 5.91 Å². The average molecular weight is 269 g/mol. The number of hydrazine groups is 1. The molecule has 1 heterocycles. The SMILES string of the molecule is C#CCNC(=O)c1ccc(C2(C(F)(F)F)NN2)cc1. The van der Waals surface area contributed by atoms with E-state index >= 15 is 0 Å². The van der Waals surface area contributed by atoms with Gasteiger partial charge in [-0.1, -0.05) is 18.1 Å². The zero-order valence-electron chi connectivity index (χ0n) is 9.64. The van der Waals surface area contributed by atoms with E-state index in [-0.39, 0.29) is 17.7 Å². The van der Waals surface area contributed by atoms with Crippen LogP contribution < -0.4 is 16.2 Å². The van der Waals surface area contributed by atoms with Gasteiger partial charge in [0.1, 0.15) is 0 Å². The monoisotopic (exact) mass is 269 g/mol. The predicted octanol–water partition coefficient (Wildman–Crippen LogP) is 0.873. The molecule has 4 nitrogen and oxygen atoms in total. The molecule has 7 heteroatoms. The molecule has 1 aromatic rings. The third-order valence-corrected chi connectivity index (χ3v) is 2.73. The van der Waals surface area contributed by atoms with E-state index in [4.69, 9.17) is 6.42 Å². The molecule has 19 heavy (non-hydrogen) atoms. The molecule has 0 aromatic heterocycles. The molecule has 1 amide bonds. The van der Waals surface area contributed by atoms with Crippen molar-refractivity contribution >= 4 is 5.91 Å². The molecule has 0 bridgehead atoms. The summed E-state index contributed by atoms with van der Waals surface area (Å²) >= 11 is 0. The van der Waals surface area contributed by atoms with Crippen molar-refractivity contribution in [3.8, 4) is 12.3 Å². The summed E-state index contributed by atoms with van der Waals surface area (Å²) in [4.78, 5) is 11.5. The van der Waals surface area contributed by atoms with E-state index in [0.717, 1.165) is 0 Å². The first kappa shape index (κ1) is 13.4. The second-order valence-corrected chi connectivity index (χ2v) is 3.96. The zero-order chi connectivity index (χ0) is 14.1. The number of hydrogen-bond donors (Lipinski definition) is 3. The van der Waals surface area contributed by atoms with Gasteiger partial charge in [0.2, 0.25) is 5.66 Å². The highest BCUT2D eigenvalue weighted by Gasteiger charge is 2.65. The first-order chi connectivity index (χ1) is 8.90. The maximum Gasteiger partial charge on any atom is 0.426 e. The Morgan fingerprint density at radius 2 is 1.89 bits per heavy atom. The van der Waals surface area contributed by atoms with Crippen LogP contribution >= 0.6 is 0 Å². The summed E-state index contributed by atoms with van der Waals surface area (Å²) in [6.07, 6.45) is 0.528. The molecule has 0 unspecified atom stereocenters. The maximum absolute atomic E-state index is 12.8. The zero-order valence-corrected chi connectivity index (χ0v) is 9.64. The lowest BCUT2D eigenvalue weighted by molar-refractivity contribution is -0.165. The molecule has 0 atom stereocenters. The van der Waals surface area contributed by atoms with Gasteiger partial charge in [0.15, 0.2) is 0 Å². The molecule has 1 aliphatic heterocycles. The summed E-state index contributed by atoms with van der Waals surface area (Å²) in [5.74, 6) is 1.80. The van der Waals surface area contributed by atoms with Gasteiger partial charge >= 0.3 is 6.18 Å². The molecule has 1 fully saturated rings. The Hall–Kier alpha value is -2.04. The largest absolute Gasteiger partial charge is 0.426 e. The summed E-state index contributed by atoms with van der Waals surface area (Å²) in [5, 5.41) is 2.42. The number of hydrogen-bond acceptors (Lipinski definition) is 3. The third kappa shape index (κ3) is 2.41.